The van der Waals surface area contributed by atoms with E-state index in [-0.39, 0.29) is 5.91 Å². The van der Waals surface area contributed by atoms with E-state index >= 15 is 0 Å². The van der Waals surface area contributed by atoms with Gasteiger partial charge in [-0.05, 0) is 48.6 Å². The van der Waals surface area contributed by atoms with E-state index < -0.39 is 0 Å². The van der Waals surface area contributed by atoms with Gasteiger partial charge in [0.2, 0.25) is 0 Å². The van der Waals surface area contributed by atoms with Crippen LogP contribution in [0.4, 0.5) is 0 Å². The molecule has 0 aliphatic carbocycles. The molecule has 1 amide bonds. The molecule has 1 aromatic heterocycles. The Hall–Kier alpha value is -2.20. The van der Waals surface area contributed by atoms with Gasteiger partial charge in [-0.3, -0.25) is 9.78 Å². The van der Waals surface area contributed by atoms with E-state index in [9.17, 15) is 4.79 Å². The first-order valence-electron chi connectivity index (χ1n) is 7.75. The van der Waals surface area contributed by atoms with Crippen LogP contribution in [0.1, 0.15) is 32.6 Å². The minimum atomic E-state index is -0.0140. The number of nitrogens with one attached hydrogen (secondary N) is 2. The summed E-state index contributed by atoms with van der Waals surface area (Å²) in [6, 6.07) is 8.28. The molecule has 114 valence electrons. The number of carbonyl (C=O) groups is 1. The molecule has 1 aliphatic heterocycles. The highest BCUT2D eigenvalue weighted by molar-refractivity contribution is 5.95. The lowest BCUT2D eigenvalue weighted by Crippen LogP contribution is -2.30. The number of rotatable bonds is 4. The van der Waals surface area contributed by atoms with Crippen LogP contribution in [0.15, 0.2) is 36.7 Å². The molecule has 0 fully saturated rings. The van der Waals surface area contributed by atoms with Gasteiger partial charge in [0.05, 0.1) is 5.56 Å². The fraction of sp³-hybridized carbons (Fsp3) is 0.333. The average Bonchev–Trinajstić information content (AvgIpc) is 2.56. The summed E-state index contributed by atoms with van der Waals surface area (Å²) in [7, 11) is 0. The van der Waals surface area contributed by atoms with E-state index in [1.807, 2.05) is 18.3 Å². The molecule has 1 aliphatic rings. The quantitative estimate of drug-likeness (QED) is 0.907. The molecule has 4 heteroatoms. The third-order valence-electron chi connectivity index (χ3n) is 4.20. The van der Waals surface area contributed by atoms with Crippen molar-refractivity contribution in [3.8, 4) is 0 Å². The molecule has 0 bridgehead atoms. The summed E-state index contributed by atoms with van der Waals surface area (Å²) >= 11 is 0. The predicted octanol–water partition coefficient (Wildman–Crippen LogP) is 2.01. The summed E-state index contributed by atoms with van der Waals surface area (Å²) < 4.78 is 0. The van der Waals surface area contributed by atoms with Crippen LogP contribution in [0.2, 0.25) is 0 Å². The number of nitrogens with zero attached hydrogens (tertiary/aromatic N) is 1. The molecule has 4 nitrogen and oxygen atoms in total. The molecule has 0 radical (unpaired) electrons. The molecular formula is C18H21N3O. The lowest BCUT2D eigenvalue weighted by atomic mass is 9.98. The third-order valence-corrected chi connectivity index (χ3v) is 4.20. The zero-order chi connectivity index (χ0) is 15.4. The lowest BCUT2D eigenvalue weighted by molar-refractivity contribution is 0.0952. The zero-order valence-corrected chi connectivity index (χ0v) is 12.9. The van der Waals surface area contributed by atoms with Gasteiger partial charge < -0.3 is 10.6 Å². The Labute approximate surface area is 131 Å². The van der Waals surface area contributed by atoms with Crippen LogP contribution in [0.25, 0.3) is 0 Å². The van der Waals surface area contributed by atoms with E-state index in [4.69, 9.17) is 0 Å². The van der Waals surface area contributed by atoms with Gasteiger partial charge in [-0.1, -0.05) is 24.3 Å². The summed E-state index contributed by atoms with van der Waals surface area (Å²) in [5, 5.41) is 6.33. The number of pyridine rings is 1. The minimum absolute atomic E-state index is 0.0140. The first-order valence-corrected chi connectivity index (χ1v) is 7.75. The van der Waals surface area contributed by atoms with Crippen LogP contribution < -0.4 is 10.6 Å². The van der Waals surface area contributed by atoms with Crippen molar-refractivity contribution in [2.75, 3.05) is 13.1 Å². The molecular weight excluding hydrogens is 274 g/mol. The second kappa shape index (κ2) is 6.71. The first-order chi connectivity index (χ1) is 10.8. The van der Waals surface area contributed by atoms with E-state index in [1.165, 1.54) is 11.1 Å². The molecule has 22 heavy (non-hydrogen) atoms. The molecule has 0 saturated heterocycles. The van der Waals surface area contributed by atoms with Crippen LogP contribution in [0, 0.1) is 6.92 Å². The maximum Gasteiger partial charge on any atom is 0.253 e. The van der Waals surface area contributed by atoms with Crippen LogP contribution in [-0.4, -0.2) is 24.0 Å². The number of amides is 1. The van der Waals surface area contributed by atoms with Crippen LogP contribution in [0.3, 0.4) is 0 Å². The number of benzene rings is 1. The fourth-order valence-electron chi connectivity index (χ4n) is 2.91. The SMILES string of the molecule is Cc1ccccc1CCNC(=O)c1cncc2c1CCNC2. The summed E-state index contributed by atoms with van der Waals surface area (Å²) in [6.45, 7) is 4.46. The van der Waals surface area contributed by atoms with Crippen molar-refractivity contribution >= 4 is 5.91 Å². The molecule has 0 atom stereocenters. The van der Waals surface area contributed by atoms with Crippen molar-refractivity contribution < 1.29 is 4.79 Å². The normalized spacial score (nSPS) is 13.5. The average molecular weight is 295 g/mol. The summed E-state index contributed by atoms with van der Waals surface area (Å²) in [4.78, 5) is 16.6. The van der Waals surface area contributed by atoms with Crippen molar-refractivity contribution in [2.45, 2.75) is 26.3 Å². The summed E-state index contributed by atoms with van der Waals surface area (Å²) in [5.74, 6) is -0.0140. The molecule has 0 unspecified atom stereocenters. The van der Waals surface area contributed by atoms with E-state index in [0.717, 1.165) is 42.6 Å². The highest BCUT2D eigenvalue weighted by atomic mass is 16.1. The highest BCUT2D eigenvalue weighted by Gasteiger charge is 2.17. The van der Waals surface area contributed by atoms with Crippen LogP contribution >= 0.6 is 0 Å². The van der Waals surface area contributed by atoms with Crippen molar-refractivity contribution in [2.24, 2.45) is 0 Å². The molecule has 1 aromatic carbocycles. The molecule has 2 N–H and O–H groups in total. The Kier molecular flexibility index (Phi) is 4.49. The van der Waals surface area contributed by atoms with Gasteiger partial charge >= 0.3 is 0 Å². The number of hydrogen-bond donors (Lipinski definition) is 2. The highest BCUT2D eigenvalue weighted by Crippen LogP contribution is 2.17. The molecule has 2 heterocycles. The van der Waals surface area contributed by atoms with Gasteiger partial charge in [-0.25, -0.2) is 0 Å². The van der Waals surface area contributed by atoms with Gasteiger partial charge in [0.25, 0.3) is 5.91 Å². The lowest BCUT2D eigenvalue weighted by Gasteiger charge is -2.19. The van der Waals surface area contributed by atoms with Gasteiger partial charge in [0.15, 0.2) is 0 Å². The van der Waals surface area contributed by atoms with Gasteiger partial charge in [-0.2, -0.15) is 0 Å². The summed E-state index contributed by atoms with van der Waals surface area (Å²) in [6.07, 6.45) is 5.28. The van der Waals surface area contributed by atoms with Crippen molar-refractivity contribution in [1.82, 2.24) is 15.6 Å². The second-order valence-corrected chi connectivity index (χ2v) is 5.68. The van der Waals surface area contributed by atoms with E-state index in [1.54, 1.807) is 6.20 Å². The van der Waals surface area contributed by atoms with Crippen molar-refractivity contribution in [3.05, 3.63) is 64.5 Å². The number of aromatic nitrogens is 1. The largest absolute Gasteiger partial charge is 0.352 e. The minimum Gasteiger partial charge on any atom is -0.352 e. The maximum atomic E-state index is 12.4. The number of fused-ring (bicyclic) bond motifs is 1. The molecule has 3 rings (SSSR count). The van der Waals surface area contributed by atoms with Crippen LogP contribution in [0.5, 0.6) is 0 Å². The standard InChI is InChI=1S/C18H21N3O/c1-13-4-2-3-5-14(13)6-9-21-18(22)17-12-20-11-15-10-19-8-7-16(15)17/h2-5,11-12,19H,6-10H2,1H3,(H,21,22). The summed E-state index contributed by atoms with van der Waals surface area (Å²) in [5.41, 5.74) is 5.55. The number of aryl methyl sites for hydroxylation is 1. The van der Waals surface area contributed by atoms with Gasteiger partial charge in [0, 0.05) is 25.5 Å². The topological polar surface area (TPSA) is 54.0 Å². The molecule has 2 aromatic rings. The van der Waals surface area contributed by atoms with E-state index in [0.29, 0.717) is 6.54 Å². The Balaban J connectivity index is 1.64. The fourth-order valence-corrected chi connectivity index (χ4v) is 2.91. The Morgan fingerprint density at radius 2 is 2.18 bits per heavy atom. The van der Waals surface area contributed by atoms with Gasteiger partial charge in [0.1, 0.15) is 0 Å². The first kappa shape index (κ1) is 14.7. The third kappa shape index (κ3) is 3.17. The Bertz CT molecular complexity index is 682. The number of hydrogen-bond acceptors (Lipinski definition) is 3. The number of carbonyl (C=O) groups excluding carboxylic acids is 1. The zero-order valence-electron chi connectivity index (χ0n) is 12.9. The molecule has 0 saturated carbocycles. The molecule has 0 spiro atoms. The Morgan fingerprint density at radius 3 is 3.05 bits per heavy atom. The van der Waals surface area contributed by atoms with Gasteiger partial charge in [-0.15, -0.1) is 0 Å². The van der Waals surface area contributed by atoms with E-state index in [2.05, 4.69) is 34.7 Å². The second-order valence-electron chi connectivity index (χ2n) is 5.68. The Morgan fingerprint density at radius 1 is 1.32 bits per heavy atom. The van der Waals surface area contributed by atoms with Crippen molar-refractivity contribution in [1.29, 1.82) is 0 Å². The van der Waals surface area contributed by atoms with Crippen molar-refractivity contribution in [3.63, 3.8) is 0 Å². The predicted molar refractivity (Wildman–Crippen MR) is 86.9 cm³/mol. The maximum absolute atomic E-state index is 12.4. The monoisotopic (exact) mass is 295 g/mol. The smallest absolute Gasteiger partial charge is 0.253 e. The van der Waals surface area contributed by atoms with Crippen LogP contribution in [-0.2, 0) is 19.4 Å².